The molecule has 1 aromatic rings. The molecule has 1 aliphatic heterocycles. The largest absolute Gasteiger partial charge is 0.371 e. The zero-order valence-corrected chi connectivity index (χ0v) is 12.1. The minimum absolute atomic E-state index is 0.0860. The van der Waals surface area contributed by atoms with Crippen molar-refractivity contribution in [3.8, 4) is 0 Å². The molecule has 1 N–H and O–H groups in total. The number of rotatable bonds is 5. The molecule has 0 amide bonds. The van der Waals surface area contributed by atoms with Crippen LogP contribution in [-0.4, -0.2) is 19.6 Å². The van der Waals surface area contributed by atoms with Crippen molar-refractivity contribution < 1.29 is 4.39 Å². The van der Waals surface area contributed by atoms with Gasteiger partial charge in [-0.15, -0.1) is 0 Å². The maximum Gasteiger partial charge on any atom is 0.129 e. The predicted octanol–water partition coefficient (Wildman–Crippen LogP) is 3.56. The minimum Gasteiger partial charge on any atom is -0.371 e. The van der Waals surface area contributed by atoms with Crippen LogP contribution in [0, 0.1) is 11.7 Å². The van der Waals surface area contributed by atoms with Gasteiger partial charge < -0.3 is 10.2 Å². The van der Waals surface area contributed by atoms with E-state index in [1.165, 1.54) is 19.3 Å². The molecule has 0 radical (unpaired) electrons. The molecule has 0 spiro atoms. The monoisotopic (exact) mass is 264 g/mol. The van der Waals surface area contributed by atoms with Crippen LogP contribution >= 0.6 is 0 Å². The van der Waals surface area contributed by atoms with E-state index in [0.717, 1.165) is 36.8 Å². The molecule has 0 aliphatic carbocycles. The summed E-state index contributed by atoms with van der Waals surface area (Å²) in [5, 5.41) is 3.24. The van der Waals surface area contributed by atoms with Crippen LogP contribution in [0.3, 0.4) is 0 Å². The van der Waals surface area contributed by atoms with E-state index in [0.29, 0.717) is 6.54 Å². The van der Waals surface area contributed by atoms with Gasteiger partial charge in [-0.25, -0.2) is 4.39 Å². The van der Waals surface area contributed by atoms with Crippen LogP contribution in [0.15, 0.2) is 18.2 Å². The van der Waals surface area contributed by atoms with Crippen LogP contribution in [0.2, 0.25) is 0 Å². The summed E-state index contributed by atoms with van der Waals surface area (Å²) in [7, 11) is 0. The second-order valence-electron chi connectivity index (χ2n) is 5.38. The first-order chi connectivity index (χ1) is 9.26. The van der Waals surface area contributed by atoms with E-state index < -0.39 is 0 Å². The van der Waals surface area contributed by atoms with Crippen molar-refractivity contribution in [3.63, 3.8) is 0 Å². The maximum absolute atomic E-state index is 14.0. The van der Waals surface area contributed by atoms with Crippen molar-refractivity contribution in [1.29, 1.82) is 0 Å². The Kier molecular flexibility index (Phi) is 5.20. The Bertz CT molecular complexity index is 406. The lowest BCUT2D eigenvalue weighted by atomic mass is 9.94. The smallest absolute Gasteiger partial charge is 0.129 e. The molecule has 1 unspecified atom stereocenters. The zero-order valence-electron chi connectivity index (χ0n) is 12.1. The van der Waals surface area contributed by atoms with E-state index in [9.17, 15) is 4.39 Å². The molecule has 1 atom stereocenters. The van der Waals surface area contributed by atoms with Crippen molar-refractivity contribution in [1.82, 2.24) is 5.32 Å². The highest BCUT2D eigenvalue weighted by molar-refractivity contribution is 5.54. The minimum atomic E-state index is -0.0860. The summed E-state index contributed by atoms with van der Waals surface area (Å²) in [4.78, 5) is 2.37. The summed E-state index contributed by atoms with van der Waals surface area (Å²) in [6.45, 7) is 7.91. The average Bonchev–Trinajstić information content (AvgIpc) is 2.46. The SMILES string of the molecule is CCNCc1c(F)cccc1N1CCCC(CC)C1. The number of nitrogens with one attached hydrogen (secondary N) is 1. The molecule has 106 valence electrons. The lowest BCUT2D eigenvalue weighted by Gasteiger charge is -2.35. The number of benzene rings is 1. The Labute approximate surface area is 116 Å². The molecule has 1 saturated heterocycles. The van der Waals surface area contributed by atoms with Crippen LogP contribution in [0.25, 0.3) is 0 Å². The summed E-state index contributed by atoms with van der Waals surface area (Å²) >= 11 is 0. The summed E-state index contributed by atoms with van der Waals surface area (Å²) in [6, 6.07) is 5.46. The molecule has 0 aromatic heterocycles. The molecule has 2 rings (SSSR count). The van der Waals surface area contributed by atoms with E-state index >= 15 is 0 Å². The number of hydrogen-bond acceptors (Lipinski definition) is 2. The predicted molar refractivity (Wildman–Crippen MR) is 79.0 cm³/mol. The van der Waals surface area contributed by atoms with Gasteiger partial charge in [0.1, 0.15) is 5.82 Å². The van der Waals surface area contributed by atoms with Crippen molar-refractivity contribution in [3.05, 3.63) is 29.6 Å². The third-order valence-corrected chi connectivity index (χ3v) is 4.08. The fraction of sp³-hybridized carbons (Fsp3) is 0.625. The highest BCUT2D eigenvalue weighted by Crippen LogP contribution is 2.29. The van der Waals surface area contributed by atoms with Gasteiger partial charge in [-0.2, -0.15) is 0 Å². The van der Waals surface area contributed by atoms with Gasteiger partial charge in [0.05, 0.1) is 0 Å². The second-order valence-corrected chi connectivity index (χ2v) is 5.38. The van der Waals surface area contributed by atoms with Gasteiger partial charge >= 0.3 is 0 Å². The van der Waals surface area contributed by atoms with Gasteiger partial charge in [-0.05, 0) is 37.4 Å². The first-order valence-corrected chi connectivity index (χ1v) is 7.49. The first-order valence-electron chi connectivity index (χ1n) is 7.49. The lowest BCUT2D eigenvalue weighted by molar-refractivity contribution is 0.403. The molecule has 1 heterocycles. The summed E-state index contributed by atoms with van der Waals surface area (Å²) in [5.74, 6) is 0.668. The molecule has 1 fully saturated rings. The Morgan fingerprint density at radius 3 is 2.95 bits per heavy atom. The van der Waals surface area contributed by atoms with Crippen LogP contribution in [-0.2, 0) is 6.54 Å². The average molecular weight is 264 g/mol. The van der Waals surface area contributed by atoms with Gasteiger partial charge in [0.25, 0.3) is 0 Å². The number of hydrogen-bond donors (Lipinski definition) is 1. The van der Waals surface area contributed by atoms with Gasteiger partial charge in [0.15, 0.2) is 0 Å². The van der Waals surface area contributed by atoms with Crippen molar-refractivity contribution >= 4 is 5.69 Å². The standard InChI is InChI=1S/C16H25FN2/c1-3-13-7-6-10-19(12-13)16-9-5-8-15(17)14(16)11-18-4-2/h5,8-9,13,18H,3-4,6-7,10-12H2,1-2H3. The fourth-order valence-electron chi connectivity index (χ4n) is 2.89. The van der Waals surface area contributed by atoms with E-state index in [4.69, 9.17) is 0 Å². The lowest BCUT2D eigenvalue weighted by Crippen LogP contribution is -2.36. The third-order valence-electron chi connectivity index (χ3n) is 4.08. The molecule has 0 bridgehead atoms. The molecule has 1 aromatic carbocycles. The zero-order chi connectivity index (χ0) is 13.7. The molecular weight excluding hydrogens is 239 g/mol. The van der Waals surface area contributed by atoms with Gasteiger partial charge in [-0.1, -0.05) is 26.3 Å². The molecule has 3 heteroatoms. The van der Waals surface area contributed by atoms with Gasteiger partial charge in [0, 0.05) is 30.9 Å². The van der Waals surface area contributed by atoms with Crippen LogP contribution < -0.4 is 10.2 Å². The normalized spacial score (nSPS) is 19.7. The van der Waals surface area contributed by atoms with Crippen LogP contribution in [0.1, 0.15) is 38.7 Å². The summed E-state index contributed by atoms with van der Waals surface area (Å²) < 4.78 is 14.0. The molecular formula is C16H25FN2. The molecule has 2 nitrogen and oxygen atoms in total. The topological polar surface area (TPSA) is 15.3 Å². The van der Waals surface area contributed by atoms with Gasteiger partial charge in [0.2, 0.25) is 0 Å². The number of anilines is 1. The van der Waals surface area contributed by atoms with Gasteiger partial charge in [-0.3, -0.25) is 0 Å². The summed E-state index contributed by atoms with van der Waals surface area (Å²) in [6.07, 6.45) is 3.74. The highest BCUT2D eigenvalue weighted by Gasteiger charge is 2.21. The van der Waals surface area contributed by atoms with E-state index in [-0.39, 0.29) is 5.82 Å². The maximum atomic E-state index is 14.0. The second kappa shape index (κ2) is 6.90. The Morgan fingerprint density at radius 2 is 2.21 bits per heavy atom. The van der Waals surface area contributed by atoms with Crippen molar-refractivity contribution in [2.24, 2.45) is 5.92 Å². The Hall–Kier alpha value is -1.09. The highest BCUT2D eigenvalue weighted by atomic mass is 19.1. The number of halogens is 1. The van der Waals surface area contributed by atoms with Crippen molar-refractivity contribution in [2.75, 3.05) is 24.5 Å². The van der Waals surface area contributed by atoms with Crippen LogP contribution in [0.4, 0.5) is 10.1 Å². The van der Waals surface area contributed by atoms with E-state index in [2.05, 4.69) is 30.1 Å². The Balaban J connectivity index is 2.20. The Morgan fingerprint density at radius 1 is 1.37 bits per heavy atom. The van der Waals surface area contributed by atoms with Crippen molar-refractivity contribution in [2.45, 2.75) is 39.7 Å². The number of piperidine rings is 1. The third kappa shape index (κ3) is 3.47. The molecule has 1 aliphatic rings. The molecule has 0 saturated carbocycles. The quantitative estimate of drug-likeness (QED) is 0.874. The first kappa shape index (κ1) is 14.3. The fourth-order valence-corrected chi connectivity index (χ4v) is 2.89. The number of nitrogens with zero attached hydrogens (tertiary/aromatic N) is 1. The van der Waals surface area contributed by atoms with Crippen LogP contribution in [0.5, 0.6) is 0 Å². The molecule has 19 heavy (non-hydrogen) atoms. The van der Waals surface area contributed by atoms with E-state index in [1.807, 2.05) is 6.07 Å². The van der Waals surface area contributed by atoms with E-state index in [1.54, 1.807) is 6.07 Å². The summed E-state index contributed by atoms with van der Waals surface area (Å²) in [5.41, 5.74) is 1.90.